The highest BCUT2D eigenvalue weighted by Crippen LogP contribution is 2.32. The van der Waals surface area contributed by atoms with Crippen molar-refractivity contribution in [2.45, 2.75) is 11.3 Å². The minimum absolute atomic E-state index is 0.122. The van der Waals surface area contributed by atoms with E-state index in [2.05, 4.69) is 0 Å². The highest BCUT2D eigenvalue weighted by atomic mass is 35.7. The van der Waals surface area contributed by atoms with Crippen LogP contribution in [0.15, 0.2) is 17.0 Å². The van der Waals surface area contributed by atoms with Crippen LogP contribution in [-0.4, -0.2) is 19.6 Å². The summed E-state index contributed by atoms with van der Waals surface area (Å²) in [6.45, 7) is 0. The van der Waals surface area contributed by atoms with Gasteiger partial charge in [-0.3, -0.25) is 14.9 Å². The SMILES string of the molecule is O=Cc1c([N+](=O)[O-])cc(C(F)F)cc1S(=O)(=O)Cl. The molecule has 0 heterocycles. The highest BCUT2D eigenvalue weighted by Gasteiger charge is 2.27. The third-order valence-electron chi connectivity index (χ3n) is 1.97. The smallest absolute Gasteiger partial charge is 0.281 e. The molecule has 98 valence electrons. The molecule has 0 unspecified atom stereocenters. The van der Waals surface area contributed by atoms with Gasteiger partial charge in [0, 0.05) is 22.3 Å². The van der Waals surface area contributed by atoms with Crippen LogP contribution in [0.25, 0.3) is 0 Å². The lowest BCUT2D eigenvalue weighted by molar-refractivity contribution is -0.385. The van der Waals surface area contributed by atoms with Crippen LogP contribution in [-0.2, 0) is 9.05 Å². The molecule has 0 saturated carbocycles. The molecule has 10 heteroatoms. The van der Waals surface area contributed by atoms with E-state index in [9.17, 15) is 32.1 Å². The quantitative estimate of drug-likeness (QED) is 0.368. The molecule has 0 N–H and O–H groups in total. The number of benzene rings is 1. The van der Waals surface area contributed by atoms with Gasteiger partial charge in [-0.05, 0) is 6.07 Å². The average molecular weight is 300 g/mol. The van der Waals surface area contributed by atoms with E-state index in [-0.39, 0.29) is 6.29 Å². The molecule has 0 amide bonds. The first-order valence-electron chi connectivity index (χ1n) is 4.18. The van der Waals surface area contributed by atoms with Crippen LogP contribution in [0.3, 0.4) is 0 Å². The van der Waals surface area contributed by atoms with Gasteiger partial charge in [0.1, 0.15) is 10.5 Å². The summed E-state index contributed by atoms with van der Waals surface area (Å²) < 4.78 is 47.1. The van der Waals surface area contributed by atoms with Gasteiger partial charge in [0.15, 0.2) is 6.29 Å². The molecule has 18 heavy (non-hydrogen) atoms. The second kappa shape index (κ2) is 4.94. The van der Waals surface area contributed by atoms with Gasteiger partial charge in [0.05, 0.1) is 4.92 Å². The zero-order chi connectivity index (χ0) is 14.1. The Morgan fingerprint density at radius 3 is 2.28 bits per heavy atom. The van der Waals surface area contributed by atoms with E-state index in [1.165, 1.54) is 0 Å². The predicted octanol–water partition coefficient (Wildman–Crippen LogP) is 2.27. The summed E-state index contributed by atoms with van der Waals surface area (Å²) in [7, 11) is 0.387. The Morgan fingerprint density at radius 2 is 1.94 bits per heavy atom. The van der Waals surface area contributed by atoms with E-state index >= 15 is 0 Å². The zero-order valence-electron chi connectivity index (χ0n) is 8.34. The van der Waals surface area contributed by atoms with Crippen molar-refractivity contribution in [2.75, 3.05) is 0 Å². The van der Waals surface area contributed by atoms with Crippen molar-refractivity contribution < 1.29 is 26.9 Å². The number of hydrogen-bond donors (Lipinski definition) is 0. The lowest BCUT2D eigenvalue weighted by Gasteiger charge is -2.06. The van der Waals surface area contributed by atoms with Crippen LogP contribution in [0, 0.1) is 10.1 Å². The maximum absolute atomic E-state index is 12.5. The average Bonchev–Trinajstić information content (AvgIpc) is 2.25. The number of alkyl halides is 2. The first kappa shape index (κ1) is 14.5. The number of nitro benzene ring substituents is 1. The molecule has 0 aliphatic heterocycles. The summed E-state index contributed by atoms with van der Waals surface area (Å²) in [6.07, 6.45) is -3.26. The number of halogens is 3. The molecule has 0 bridgehead atoms. The van der Waals surface area contributed by atoms with Crippen LogP contribution < -0.4 is 0 Å². The number of carbonyl (C=O) groups excluding carboxylic acids is 1. The van der Waals surface area contributed by atoms with Crippen molar-refractivity contribution in [2.24, 2.45) is 0 Å². The third kappa shape index (κ3) is 2.79. The molecular weight excluding hydrogens is 296 g/mol. The Bertz CT molecular complexity index is 616. The van der Waals surface area contributed by atoms with Crippen molar-refractivity contribution >= 4 is 31.7 Å². The maximum atomic E-state index is 12.5. The molecule has 0 aliphatic carbocycles. The van der Waals surface area contributed by atoms with Crippen molar-refractivity contribution in [3.8, 4) is 0 Å². The number of aldehydes is 1. The Hall–Kier alpha value is -1.61. The second-order valence-corrected chi connectivity index (χ2v) is 5.60. The van der Waals surface area contributed by atoms with Crippen LogP contribution in [0.5, 0.6) is 0 Å². The van der Waals surface area contributed by atoms with Gasteiger partial charge in [0.25, 0.3) is 21.2 Å². The molecule has 0 saturated heterocycles. The number of nitro groups is 1. The summed E-state index contributed by atoms with van der Waals surface area (Å²) in [5.74, 6) is 0. The topological polar surface area (TPSA) is 94.3 Å². The Labute approximate surface area is 104 Å². The fraction of sp³-hybridized carbons (Fsp3) is 0.125. The van der Waals surface area contributed by atoms with Crippen LogP contribution in [0.4, 0.5) is 14.5 Å². The first-order valence-corrected chi connectivity index (χ1v) is 6.49. The number of nitrogens with zero attached hydrogens (tertiary/aromatic N) is 1. The zero-order valence-corrected chi connectivity index (χ0v) is 9.91. The van der Waals surface area contributed by atoms with Gasteiger partial charge >= 0.3 is 0 Å². The molecule has 0 aliphatic rings. The highest BCUT2D eigenvalue weighted by molar-refractivity contribution is 8.13. The monoisotopic (exact) mass is 299 g/mol. The largest absolute Gasteiger partial charge is 0.298 e. The molecule has 0 aromatic heterocycles. The fourth-order valence-corrected chi connectivity index (χ4v) is 2.31. The molecule has 6 nitrogen and oxygen atoms in total. The van der Waals surface area contributed by atoms with Crippen molar-refractivity contribution in [1.82, 2.24) is 0 Å². The minimum Gasteiger partial charge on any atom is -0.298 e. The molecule has 0 atom stereocenters. The van der Waals surface area contributed by atoms with Gasteiger partial charge in [0.2, 0.25) is 0 Å². The van der Waals surface area contributed by atoms with Gasteiger partial charge in [-0.2, -0.15) is 0 Å². The normalized spacial score (nSPS) is 11.6. The van der Waals surface area contributed by atoms with Gasteiger partial charge < -0.3 is 0 Å². The van der Waals surface area contributed by atoms with Crippen molar-refractivity contribution in [3.05, 3.63) is 33.4 Å². The first-order chi connectivity index (χ1) is 8.18. The minimum atomic E-state index is -4.55. The van der Waals surface area contributed by atoms with E-state index in [0.717, 1.165) is 0 Å². The summed E-state index contributed by atoms with van der Waals surface area (Å²) in [5.41, 5.74) is -2.81. The van der Waals surface area contributed by atoms with E-state index in [4.69, 9.17) is 10.7 Å². The molecule has 1 rings (SSSR count). The van der Waals surface area contributed by atoms with Crippen LogP contribution >= 0.6 is 10.7 Å². The van der Waals surface area contributed by atoms with E-state index in [1.807, 2.05) is 0 Å². The lowest BCUT2D eigenvalue weighted by Crippen LogP contribution is -2.04. The molecular formula is C8H4ClF2NO5S. The van der Waals surface area contributed by atoms with Crippen LogP contribution in [0.1, 0.15) is 22.3 Å². The number of hydrogen-bond acceptors (Lipinski definition) is 5. The predicted molar refractivity (Wildman–Crippen MR) is 56.5 cm³/mol. The molecule has 0 spiro atoms. The number of carbonyl (C=O) groups is 1. The van der Waals surface area contributed by atoms with Gasteiger partial charge in [-0.25, -0.2) is 17.2 Å². The van der Waals surface area contributed by atoms with Gasteiger partial charge in [-0.15, -0.1) is 0 Å². The standard InChI is InChI=1S/C8H4ClF2NO5S/c9-18(16,17)7-2-4(8(10)11)1-6(12(14)15)5(7)3-13/h1-3,8H. The summed E-state index contributed by atoms with van der Waals surface area (Å²) in [5, 5.41) is 10.6. The second-order valence-electron chi connectivity index (χ2n) is 3.07. The molecule has 0 fully saturated rings. The summed E-state index contributed by atoms with van der Waals surface area (Å²) in [4.78, 5) is 19.1. The molecule has 0 radical (unpaired) electrons. The summed E-state index contributed by atoms with van der Waals surface area (Å²) >= 11 is 0. The fourth-order valence-electron chi connectivity index (χ4n) is 1.23. The third-order valence-corrected chi connectivity index (χ3v) is 3.33. The Kier molecular flexibility index (Phi) is 3.97. The maximum Gasteiger partial charge on any atom is 0.281 e. The summed E-state index contributed by atoms with van der Waals surface area (Å²) in [6, 6.07) is 0.865. The van der Waals surface area contributed by atoms with Crippen molar-refractivity contribution in [3.63, 3.8) is 0 Å². The molecule has 1 aromatic carbocycles. The Morgan fingerprint density at radius 1 is 1.39 bits per heavy atom. The van der Waals surface area contributed by atoms with Gasteiger partial charge in [-0.1, -0.05) is 0 Å². The number of rotatable bonds is 4. The Balaban J connectivity index is 3.78. The van der Waals surface area contributed by atoms with Crippen molar-refractivity contribution in [1.29, 1.82) is 0 Å². The van der Waals surface area contributed by atoms with Crippen LogP contribution in [0.2, 0.25) is 0 Å². The van der Waals surface area contributed by atoms with E-state index in [1.54, 1.807) is 0 Å². The molecule has 1 aromatic rings. The van der Waals surface area contributed by atoms with E-state index in [0.29, 0.717) is 12.1 Å². The van der Waals surface area contributed by atoms with E-state index < -0.39 is 42.1 Å². The lowest BCUT2D eigenvalue weighted by atomic mass is 10.1.